The summed E-state index contributed by atoms with van der Waals surface area (Å²) in [4.78, 5) is 0. The van der Waals surface area contributed by atoms with E-state index in [1.165, 1.54) is 12.8 Å². The zero-order valence-electron chi connectivity index (χ0n) is 13.2. The Hall–Kier alpha value is -1.70. The van der Waals surface area contributed by atoms with Crippen molar-refractivity contribution in [3.05, 3.63) is 35.9 Å². The summed E-state index contributed by atoms with van der Waals surface area (Å²) >= 11 is 0. The number of benzene rings is 1. The quantitative estimate of drug-likeness (QED) is 0.596. The van der Waals surface area contributed by atoms with E-state index in [2.05, 4.69) is 19.6 Å². The van der Waals surface area contributed by atoms with Gasteiger partial charge in [0.05, 0.1) is 13.7 Å². The van der Waals surface area contributed by atoms with Crippen LogP contribution in [0.1, 0.15) is 51.2 Å². The molecule has 0 saturated carbocycles. The third kappa shape index (κ3) is 4.16. The van der Waals surface area contributed by atoms with Crippen molar-refractivity contribution in [3.63, 3.8) is 0 Å². The molecule has 0 N–H and O–H groups in total. The number of allylic oxidation sites excluding steroid dienone is 2. The van der Waals surface area contributed by atoms with E-state index in [1.807, 2.05) is 32.1 Å². The summed E-state index contributed by atoms with van der Waals surface area (Å²) in [5.74, 6) is 1.60. The van der Waals surface area contributed by atoms with Crippen LogP contribution in [0.5, 0.6) is 11.5 Å². The van der Waals surface area contributed by atoms with Crippen LogP contribution in [0.25, 0.3) is 11.6 Å². The molecule has 1 aromatic carbocycles. The summed E-state index contributed by atoms with van der Waals surface area (Å²) < 4.78 is 11.4. The molecule has 0 aliphatic heterocycles. The van der Waals surface area contributed by atoms with E-state index in [1.54, 1.807) is 7.11 Å². The topological polar surface area (TPSA) is 18.5 Å². The van der Waals surface area contributed by atoms with Gasteiger partial charge in [-0.05, 0) is 31.9 Å². The van der Waals surface area contributed by atoms with Crippen LogP contribution in [0.3, 0.4) is 0 Å². The lowest BCUT2D eigenvalue weighted by Crippen LogP contribution is -2.02. The Morgan fingerprint density at radius 2 is 2.05 bits per heavy atom. The molecule has 0 atom stereocenters. The fourth-order valence-corrected chi connectivity index (χ4v) is 2.12. The second-order valence-corrected chi connectivity index (χ2v) is 4.89. The largest absolute Gasteiger partial charge is 0.493 e. The number of methoxy groups -OCH3 is 1. The Labute approximate surface area is 123 Å². The molecule has 0 spiro atoms. The van der Waals surface area contributed by atoms with Gasteiger partial charge in [0.25, 0.3) is 0 Å². The Morgan fingerprint density at radius 3 is 2.60 bits per heavy atom. The minimum absolute atomic E-state index is 0.717. The van der Waals surface area contributed by atoms with Crippen LogP contribution in [0.2, 0.25) is 0 Å². The van der Waals surface area contributed by atoms with E-state index < -0.39 is 0 Å². The lowest BCUT2D eigenvalue weighted by Gasteiger charge is -2.17. The van der Waals surface area contributed by atoms with Gasteiger partial charge in [0.2, 0.25) is 0 Å². The maximum absolute atomic E-state index is 5.99. The number of ether oxygens (including phenoxy) is 2. The summed E-state index contributed by atoms with van der Waals surface area (Å²) in [6, 6.07) is 3.99. The van der Waals surface area contributed by atoms with Crippen molar-refractivity contribution in [1.29, 1.82) is 0 Å². The first-order valence-electron chi connectivity index (χ1n) is 7.28. The second-order valence-electron chi connectivity index (χ2n) is 4.89. The van der Waals surface area contributed by atoms with Crippen LogP contribution in [-0.2, 0) is 0 Å². The van der Waals surface area contributed by atoms with E-state index in [4.69, 9.17) is 9.47 Å². The molecule has 0 unspecified atom stereocenters. The molecule has 2 heteroatoms. The fourth-order valence-electron chi connectivity index (χ4n) is 2.12. The predicted molar refractivity (Wildman–Crippen MR) is 87.4 cm³/mol. The maximum atomic E-state index is 5.99. The number of unbranched alkanes of at least 4 members (excludes halogenated alkanes) is 2. The molecule has 0 radical (unpaired) electrons. The summed E-state index contributed by atoms with van der Waals surface area (Å²) in [6.07, 6.45) is 7.50. The molecule has 1 rings (SSSR count). The molecule has 0 aromatic heterocycles. The minimum Gasteiger partial charge on any atom is -0.493 e. The molecule has 20 heavy (non-hydrogen) atoms. The molecule has 0 amide bonds. The first-order chi connectivity index (χ1) is 9.65. The standard InChI is InChI=1S/C18H26O2/c1-6-8-9-13-20-18-16(10-7-2)15(14(3)4)11-12-17(18)19-5/h7,10-12H,3,6,8-9,13H2,1-2,4-5H3/b10-7-. The molecule has 0 aliphatic rings. The van der Waals surface area contributed by atoms with Crippen LogP contribution < -0.4 is 9.47 Å². The molecule has 1 aromatic rings. The van der Waals surface area contributed by atoms with Crippen LogP contribution in [-0.4, -0.2) is 13.7 Å². The Kier molecular flexibility index (Phi) is 6.92. The first-order valence-corrected chi connectivity index (χ1v) is 7.28. The third-order valence-electron chi connectivity index (χ3n) is 3.17. The average Bonchev–Trinajstić information content (AvgIpc) is 2.44. The highest BCUT2D eigenvalue weighted by atomic mass is 16.5. The SMILES string of the molecule is C=C(C)c1ccc(OC)c(OCCCCC)c1/C=C\C. The van der Waals surface area contributed by atoms with Crippen molar-refractivity contribution in [2.75, 3.05) is 13.7 Å². The van der Waals surface area contributed by atoms with E-state index in [0.717, 1.165) is 34.6 Å². The van der Waals surface area contributed by atoms with Gasteiger partial charge in [-0.3, -0.25) is 0 Å². The fraction of sp³-hybridized carbons (Fsp3) is 0.444. The van der Waals surface area contributed by atoms with Crippen molar-refractivity contribution in [3.8, 4) is 11.5 Å². The normalized spacial score (nSPS) is 10.8. The number of rotatable bonds is 8. The maximum Gasteiger partial charge on any atom is 0.168 e. The lowest BCUT2D eigenvalue weighted by atomic mass is 10.00. The highest BCUT2D eigenvalue weighted by Crippen LogP contribution is 2.37. The van der Waals surface area contributed by atoms with Crippen LogP contribution in [0, 0.1) is 0 Å². The van der Waals surface area contributed by atoms with Crippen molar-refractivity contribution in [2.24, 2.45) is 0 Å². The van der Waals surface area contributed by atoms with Gasteiger partial charge < -0.3 is 9.47 Å². The lowest BCUT2D eigenvalue weighted by molar-refractivity contribution is 0.285. The molecule has 2 nitrogen and oxygen atoms in total. The monoisotopic (exact) mass is 274 g/mol. The summed E-state index contributed by atoms with van der Waals surface area (Å²) in [5.41, 5.74) is 3.18. The molecule has 0 saturated heterocycles. The molecule has 110 valence electrons. The van der Waals surface area contributed by atoms with Gasteiger partial charge in [0, 0.05) is 5.56 Å². The summed E-state index contributed by atoms with van der Waals surface area (Å²) in [5, 5.41) is 0. The smallest absolute Gasteiger partial charge is 0.168 e. The molecular formula is C18H26O2. The highest BCUT2D eigenvalue weighted by molar-refractivity contribution is 5.77. The predicted octanol–water partition coefficient (Wildman–Crippen LogP) is 5.33. The molecule has 0 bridgehead atoms. The van der Waals surface area contributed by atoms with Gasteiger partial charge in [0.1, 0.15) is 0 Å². The van der Waals surface area contributed by atoms with Crippen LogP contribution in [0.15, 0.2) is 24.8 Å². The molecule has 0 fully saturated rings. The Morgan fingerprint density at radius 1 is 1.30 bits per heavy atom. The van der Waals surface area contributed by atoms with Crippen molar-refractivity contribution in [2.45, 2.75) is 40.0 Å². The van der Waals surface area contributed by atoms with Gasteiger partial charge >= 0.3 is 0 Å². The minimum atomic E-state index is 0.717. The number of hydrogen-bond donors (Lipinski definition) is 0. The third-order valence-corrected chi connectivity index (χ3v) is 3.17. The van der Waals surface area contributed by atoms with Crippen molar-refractivity contribution >= 4 is 11.6 Å². The Bertz CT molecular complexity index is 473. The van der Waals surface area contributed by atoms with Crippen LogP contribution in [0.4, 0.5) is 0 Å². The number of hydrogen-bond acceptors (Lipinski definition) is 2. The average molecular weight is 274 g/mol. The zero-order chi connectivity index (χ0) is 15.0. The van der Waals surface area contributed by atoms with Gasteiger partial charge in [-0.1, -0.05) is 50.1 Å². The molecular weight excluding hydrogens is 248 g/mol. The Balaban J connectivity index is 3.14. The van der Waals surface area contributed by atoms with Crippen molar-refractivity contribution < 1.29 is 9.47 Å². The van der Waals surface area contributed by atoms with Crippen molar-refractivity contribution in [1.82, 2.24) is 0 Å². The van der Waals surface area contributed by atoms with E-state index >= 15 is 0 Å². The van der Waals surface area contributed by atoms with Gasteiger partial charge in [0.15, 0.2) is 11.5 Å². The van der Waals surface area contributed by atoms with Gasteiger partial charge in [-0.15, -0.1) is 0 Å². The summed E-state index contributed by atoms with van der Waals surface area (Å²) in [7, 11) is 1.67. The van der Waals surface area contributed by atoms with Gasteiger partial charge in [-0.2, -0.15) is 0 Å². The molecule has 0 heterocycles. The molecule has 0 aliphatic carbocycles. The second kappa shape index (κ2) is 8.47. The van der Waals surface area contributed by atoms with E-state index in [9.17, 15) is 0 Å². The van der Waals surface area contributed by atoms with E-state index in [-0.39, 0.29) is 0 Å². The summed E-state index contributed by atoms with van der Waals surface area (Å²) in [6.45, 7) is 11.0. The highest BCUT2D eigenvalue weighted by Gasteiger charge is 2.14. The zero-order valence-corrected chi connectivity index (χ0v) is 13.2. The van der Waals surface area contributed by atoms with Crippen LogP contribution >= 0.6 is 0 Å². The first kappa shape index (κ1) is 16.4. The van der Waals surface area contributed by atoms with E-state index in [0.29, 0.717) is 6.61 Å². The van der Waals surface area contributed by atoms with Gasteiger partial charge in [-0.25, -0.2) is 0 Å².